The second-order valence-electron chi connectivity index (χ2n) is 4.65. The first kappa shape index (κ1) is 15.1. The largest absolute Gasteiger partial charge is 0.494 e. The zero-order chi connectivity index (χ0) is 15.2. The van der Waals surface area contributed by atoms with Crippen molar-refractivity contribution in [1.29, 1.82) is 0 Å². The Morgan fingerprint density at radius 2 is 2.24 bits per heavy atom. The number of ether oxygens (including phenoxy) is 2. The smallest absolute Gasteiger partial charge is 0.319 e. The van der Waals surface area contributed by atoms with E-state index in [1.807, 2.05) is 6.92 Å². The van der Waals surface area contributed by atoms with Crippen molar-refractivity contribution in [2.75, 3.05) is 25.1 Å². The summed E-state index contributed by atoms with van der Waals surface area (Å²) in [7, 11) is 0. The van der Waals surface area contributed by atoms with Gasteiger partial charge in [0.2, 0.25) is 0 Å². The first-order valence-electron chi connectivity index (χ1n) is 6.71. The first-order valence-corrected chi connectivity index (χ1v) is 6.71. The summed E-state index contributed by atoms with van der Waals surface area (Å²) in [5, 5.41) is 14.3. The number of carboxylic acid groups (broad SMARTS) is 1. The van der Waals surface area contributed by atoms with Gasteiger partial charge in [-0.15, -0.1) is 0 Å². The van der Waals surface area contributed by atoms with E-state index in [2.05, 4.69) is 10.6 Å². The van der Waals surface area contributed by atoms with Gasteiger partial charge in [-0.3, -0.25) is 4.79 Å². The van der Waals surface area contributed by atoms with Gasteiger partial charge in [-0.25, -0.2) is 4.79 Å². The van der Waals surface area contributed by atoms with E-state index in [4.69, 9.17) is 14.6 Å². The van der Waals surface area contributed by atoms with Crippen molar-refractivity contribution in [3.63, 3.8) is 0 Å². The molecule has 1 saturated heterocycles. The van der Waals surface area contributed by atoms with Gasteiger partial charge in [0.15, 0.2) is 0 Å². The lowest BCUT2D eigenvalue weighted by atomic mass is 10.0. The molecule has 0 radical (unpaired) electrons. The van der Waals surface area contributed by atoms with Crippen LogP contribution in [0.3, 0.4) is 0 Å². The van der Waals surface area contributed by atoms with Crippen LogP contribution in [0.5, 0.6) is 5.75 Å². The highest BCUT2D eigenvalue weighted by atomic mass is 16.5. The third-order valence-electron chi connectivity index (χ3n) is 3.12. The molecule has 0 aromatic heterocycles. The van der Waals surface area contributed by atoms with Crippen molar-refractivity contribution < 1.29 is 24.2 Å². The van der Waals surface area contributed by atoms with Crippen molar-refractivity contribution in [3.8, 4) is 5.75 Å². The molecule has 21 heavy (non-hydrogen) atoms. The monoisotopic (exact) mass is 294 g/mol. The fourth-order valence-corrected chi connectivity index (χ4v) is 2.11. The lowest BCUT2D eigenvalue weighted by Crippen LogP contribution is -2.44. The van der Waals surface area contributed by atoms with Crippen LogP contribution in [0.4, 0.5) is 10.5 Å². The van der Waals surface area contributed by atoms with Gasteiger partial charge in [0.1, 0.15) is 11.7 Å². The Kier molecular flexibility index (Phi) is 4.99. The number of carboxylic acids is 1. The van der Waals surface area contributed by atoms with Gasteiger partial charge in [0.05, 0.1) is 25.9 Å². The van der Waals surface area contributed by atoms with Crippen LogP contribution in [0.15, 0.2) is 24.3 Å². The molecule has 1 aliphatic rings. The van der Waals surface area contributed by atoms with E-state index < -0.39 is 24.0 Å². The lowest BCUT2D eigenvalue weighted by molar-refractivity contribution is -0.142. The van der Waals surface area contributed by atoms with Crippen molar-refractivity contribution >= 4 is 17.7 Å². The summed E-state index contributed by atoms with van der Waals surface area (Å²) in [5.41, 5.74) is 0.573. The number of rotatable bonds is 5. The zero-order valence-corrected chi connectivity index (χ0v) is 11.7. The molecule has 1 aromatic carbocycles. The fraction of sp³-hybridized carbons (Fsp3) is 0.429. The molecule has 7 heteroatoms. The SMILES string of the molecule is CCOc1cccc(NC(=O)NC2COCC2C(=O)O)c1. The summed E-state index contributed by atoms with van der Waals surface area (Å²) >= 11 is 0. The molecule has 3 N–H and O–H groups in total. The average molecular weight is 294 g/mol. The number of hydrogen-bond donors (Lipinski definition) is 3. The number of aliphatic carboxylic acids is 1. The second-order valence-corrected chi connectivity index (χ2v) is 4.65. The summed E-state index contributed by atoms with van der Waals surface area (Å²) in [6.45, 7) is 2.72. The quantitative estimate of drug-likeness (QED) is 0.760. The molecule has 2 amide bonds. The molecule has 1 aromatic rings. The Labute approximate surface area is 122 Å². The topological polar surface area (TPSA) is 96.9 Å². The summed E-state index contributed by atoms with van der Waals surface area (Å²) in [6, 6.07) is 5.98. The summed E-state index contributed by atoms with van der Waals surface area (Å²) in [5.74, 6) is -1.04. The van der Waals surface area contributed by atoms with Gasteiger partial charge in [-0.1, -0.05) is 6.07 Å². The maximum absolute atomic E-state index is 11.9. The predicted molar refractivity (Wildman–Crippen MR) is 75.5 cm³/mol. The molecule has 0 aliphatic carbocycles. The average Bonchev–Trinajstić information content (AvgIpc) is 2.87. The van der Waals surface area contributed by atoms with Crippen LogP contribution in [0.2, 0.25) is 0 Å². The molecule has 0 saturated carbocycles. The molecule has 0 spiro atoms. The molecule has 2 rings (SSSR count). The van der Waals surface area contributed by atoms with Crippen LogP contribution in [0, 0.1) is 5.92 Å². The molecule has 1 fully saturated rings. The number of urea groups is 1. The molecule has 2 atom stereocenters. The summed E-state index contributed by atoms with van der Waals surface area (Å²) in [4.78, 5) is 22.9. The number of amides is 2. The van der Waals surface area contributed by atoms with E-state index in [9.17, 15) is 9.59 Å². The number of hydrogen-bond acceptors (Lipinski definition) is 4. The number of nitrogens with one attached hydrogen (secondary N) is 2. The van der Waals surface area contributed by atoms with Crippen LogP contribution in [0.25, 0.3) is 0 Å². The molecular weight excluding hydrogens is 276 g/mol. The minimum atomic E-state index is -0.976. The summed E-state index contributed by atoms with van der Waals surface area (Å²) in [6.07, 6.45) is 0. The zero-order valence-electron chi connectivity index (χ0n) is 11.7. The van der Waals surface area contributed by atoms with Crippen LogP contribution in [0.1, 0.15) is 6.92 Å². The van der Waals surface area contributed by atoms with Crippen molar-refractivity contribution in [3.05, 3.63) is 24.3 Å². The van der Waals surface area contributed by atoms with Crippen molar-refractivity contribution in [1.82, 2.24) is 5.32 Å². The number of anilines is 1. The van der Waals surface area contributed by atoms with E-state index >= 15 is 0 Å². The van der Waals surface area contributed by atoms with Gasteiger partial charge in [0.25, 0.3) is 0 Å². The van der Waals surface area contributed by atoms with E-state index in [-0.39, 0.29) is 13.2 Å². The first-order chi connectivity index (χ1) is 10.1. The Balaban J connectivity index is 1.92. The molecule has 2 unspecified atom stereocenters. The maximum Gasteiger partial charge on any atom is 0.319 e. The molecule has 7 nitrogen and oxygen atoms in total. The molecule has 114 valence electrons. The highest BCUT2D eigenvalue weighted by Crippen LogP contribution is 2.18. The van der Waals surface area contributed by atoms with E-state index in [0.29, 0.717) is 18.0 Å². The van der Waals surface area contributed by atoms with Crippen LogP contribution in [-0.4, -0.2) is 43.0 Å². The van der Waals surface area contributed by atoms with Crippen LogP contribution in [-0.2, 0) is 9.53 Å². The molecule has 1 heterocycles. The van der Waals surface area contributed by atoms with E-state index in [1.165, 1.54) is 0 Å². The number of carbonyl (C=O) groups excluding carboxylic acids is 1. The van der Waals surface area contributed by atoms with Crippen LogP contribution >= 0.6 is 0 Å². The van der Waals surface area contributed by atoms with Crippen molar-refractivity contribution in [2.45, 2.75) is 13.0 Å². The predicted octanol–water partition coefficient (Wildman–Crippen LogP) is 1.31. The summed E-state index contributed by atoms with van der Waals surface area (Å²) < 4.78 is 10.4. The lowest BCUT2D eigenvalue weighted by Gasteiger charge is -2.16. The number of carbonyl (C=O) groups is 2. The van der Waals surface area contributed by atoms with Crippen LogP contribution < -0.4 is 15.4 Å². The fourth-order valence-electron chi connectivity index (χ4n) is 2.11. The Morgan fingerprint density at radius 1 is 1.43 bits per heavy atom. The molecule has 0 bridgehead atoms. The van der Waals surface area contributed by atoms with E-state index in [0.717, 1.165) is 0 Å². The van der Waals surface area contributed by atoms with E-state index in [1.54, 1.807) is 24.3 Å². The maximum atomic E-state index is 11.9. The minimum Gasteiger partial charge on any atom is -0.494 e. The van der Waals surface area contributed by atoms with Gasteiger partial charge in [-0.05, 0) is 19.1 Å². The number of benzene rings is 1. The standard InChI is InChI=1S/C14H18N2O5/c1-2-21-10-5-3-4-9(6-10)15-14(19)16-12-8-20-7-11(12)13(17)18/h3-6,11-12H,2,7-8H2,1H3,(H,17,18)(H2,15,16,19). The molecule has 1 aliphatic heterocycles. The molecular formula is C14H18N2O5. The second kappa shape index (κ2) is 6.94. The van der Waals surface area contributed by atoms with Gasteiger partial charge >= 0.3 is 12.0 Å². The highest BCUT2D eigenvalue weighted by Gasteiger charge is 2.35. The highest BCUT2D eigenvalue weighted by molar-refractivity contribution is 5.90. The van der Waals surface area contributed by atoms with Gasteiger partial charge in [-0.2, -0.15) is 0 Å². The third kappa shape index (κ3) is 4.09. The Hall–Kier alpha value is -2.28. The Bertz CT molecular complexity index is 520. The Morgan fingerprint density at radius 3 is 2.95 bits per heavy atom. The minimum absolute atomic E-state index is 0.111. The van der Waals surface area contributed by atoms with Crippen molar-refractivity contribution in [2.24, 2.45) is 5.92 Å². The van der Waals surface area contributed by atoms with Gasteiger partial charge in [0, 0.05) is 11.8 Å². The third-order valence-corrected chi connectivity index (χ3v) is 3.12. The van der Waals surface area contributed by atoms with Gasteiger partial charge < -0.3 is 25.2 Å². The normalized spacial score (nSPS) is 20.8.